The third-order valence-corrected chi connectivity index (χ3v) is 10.2. The number of allylic oxidation sites excluding steroid dienone is 3. The second-order valence-corrected chi connectivity index (χ2v) is 13.3. The van der Waals surface area contributed by atoms with Gasteiger partial charge in [-0.15, -0.1) is 0 Å². The molecule has 39 heavy (non-hydrogen) atoms. The Kier molecular flexibility index (Phi) is 6.92. The molecule has 4 saturated heterocycles. The first-order valence-corrected chi connectivity index (χ1v) is 14.7. The summed E-state index contributed by atoms with van der Waals surface area (Å²) in [4.78, 5) is 13.9. The smallest absolute Gasteiger partial charge is 0.316 e. The lowest BCUT2D eigenvalue weighted by Gasteiger charge is -2.49. The van der Waals surface area contributed by atoms with E-state index in [0.29, 0.717) is 36.3 Å². The summed E-state index contributed by atoms with van der Waals surface area (Å²) in [5.74, 6) is -1.64. The molecule has 5 heterocycles. The fourth-order valence-corrected chi connectivity index (χ4v) is 7.57. The largest absolute Gasteiger partial charge is 0.462 e. The molecule has 4 fully saturated rings. The standard InChI is InChI=1S/C31H44O8/c1-17-7-6-8-21-16-35-27-26(32)19(3)11-24(31(21,27)34)28(33)36-23-12-22(13-25-29(5,14-17)39-25)38-30(15-23)10-9-18(2)20(4)37-30/h6-8,11,17-18,20,22-27,32,34H,9-10,12-16H2,1-5H3/b7-6+,21-8+/t17-,18-,20?,22-,23-,24-,25+,26+,27+,29-,30-,31+/m0/s1. The Bertz CT molecular complexity index is 1080. The second-order valence-electron chi connectivity index (χ2n) is 13.3. The van der Waals surface area contributed by atoms with Crippen molar-refractivity contribution in [3.05, 3.63) is 35.5 Å². The van der Waals surface area contributed by atoms with E-state index in [2.05, 4.69) is 33.8 Å². The number of ether oxygens (including phenoxy) is 5. The Morgan fingerprint density at radius 3 is 2.62 bits per heavy atom. The normalized spacial score (nSPS) is 54.0. The van der Waals surface area contributed by atoms with Gasteiger partial charge in [0.25, 0.3) is 0 Å². The van der Waals surface area contributed by atoms with Gasteiger partial charge in [-0.3, -0.25) is 4.79 Å². The van der Waals surface area contributed by atoms with Crippen LogP contribution in [0.3, 0.4) is 0 Å². The lowest BCUT2D eigenvalue weighted by atomic mass is 9.71. The van der Waals surface area contributed by atoms with Crippen molar-refractivity contribution in [2.75, 3.05) is 6.61 Å². The molecule has 1 unspecified atom stereocenters. The zero-order chi connectivity index (χ0) is 27.7. The van der Waals surface area contributed by atoms with Gasteiger partial charge in [-0.25, -0.2) is 0 Å². The van der Waals surface area contributed by atoms with Gasteiger partial charge in [0.15, 0.2) is 5.79 Å². The van der Waals surface area contributed by atoms with Crippen LogP contribution in [-0.2, 0) is 28.5 Å². The van der Waals surface area contributed by atoms with Crippen LogP contribution < -0.4 is 0 Å². The van der Waals surface area contributed by atoms with E-state index in [-0.39, 0.29) is 36.4 Å². The fourth-order valence-electron chi connectivity index (χ4n) is 7.57. The number of hydrogen-bond acceptors (Lipinski definition) is 8. The molecule has 216 valence electrons. The number of fused-ring (bicyclic) bond motifs is 3. The number of carbonyl (C=O) groups excluding carboxylic acids is 1. The maximum atomic E-state index is 13.9. The van der Waals surface area contributed by atoms with E-state index in [9.17, 15) is 15.0 Å². The molecule has 0 aromatic heterocycles. The molecule has 2 N–H and O–H groups in total. The topological polar surface area (TPSA) is 107 Å². The molecule has 0 radical (unpaired) electrons. The van der Waals surface area contributed by atoms with Crippen molar-refractivity contribution in [2.24, 2.45) is 17.8 Å². The predicted molar refractivity (Wildman–Crippen MR) is 143 cm³/mol. The van der Waals surface area contributed by atoms with Crippen molar-refractivity contribution >= 4 is 5.97 Å². The molecule has 0 aromatic rings. The highest BCUT2D eigenvalue weighted by Gasteiger charge is 2.60. The summed E-state index contributed by atoms with van der Waals surface area (Å²) in [7, 11) is 0. The number of rotatable bonds is 0. The minimum absolute atomic E-state index is 0.0389. The summed E-state index contributed by atoms with van der Waals surface area (Å²) in [5.41, 5.74) is -0.759. The molecular weight excluding hydrogens is 500 g/mol. The Balaban J connectivity index is 1.36. The Hall–Kier alpha value is -1.55. The fraction of sp³-hybridized carbons (Fsp3) is 0.774. The summed E-state index contributed by atoms with van der Waals surface area (Å²) < 4.78 is 31.5. The highest BCUT2D eigenvalue weighted by Crippen LogP contribution is 2.50. The van der Waals surface area contributed by atoms with Crippen molar-refractivity contribution < 1.29 is 38.7 Å². The molecule has 8 heteroatoms. The minimum atomic E-state index is -1.69. The van der Waals surface area contributed by atoms with Crippen molar-refractivity contribution in [3.8, 4) is 0 Å². The first-order chi connectivity index (χ1) is 18.4. The average molecular weight is 545 g/mol. The van der Waals surface area contributed by atoms with E-state index in [1.165, 1.54) is 0 Å². The summed E-state index contributed by atoms with van der Waals surface area (Å²) in [6.45, 7) is 10.5. The highest BCUT2D eigenvalue weighted by molar-refractivity contribution is 5.78. The van der Waals surface area contributed by atoms with E-state index in [0.717, 1.165) is 19.3 Å². The van der Waals surface area contributed by atoms with Crippen LogP contribution in [0.4, 0.5) is 0 Å². The van der Waals surface area contributed by atoms with Crippen LogP contribution in [0.2, 0.25) is 0 Å². The predicted octanol–water partition coefficient (Wildman–Crippen LogP) is 3.75. The minimum Gasteiger partial charge on any atom is -0.462 e. The van der Waals surface area contributed by atoms with Gasteiger partial charge in [-0.1, -0.05) is 38.2 Å². The van der Waals surface area contributed by atoms with Gasteiger partial charge in [0.1, 0.15) is 29.8 Å². The third kappa shape index (κ3) is 4.85. The number of epoxide rings is 1. The summed E-state index contributed by atoms with van der Waals surface area (Å²) in [6.07, 6.45) is 9.37. The number of carbonyl (C=O) groups is 1. The van der Waals surface area contributed by atoms with Crippen molar-refractivity contribution in [2.45, 2.75) is 127 Å². The van der Waals surface area contributed by atoms with Gasteiger partial charge in [0.2, 0.25) is 0 Å². The summed E-state index contributed by atoms with van der Waals surface area (Å²) >= 11 is 0. The lowest BCUT2D eigenvalue weighted by molar-refractivity contribution is -0.333. The number of aliphatic hydroxyl groups is 2. The molecule has 12 atom stereocenters. The number of esters is 1. The van der Waals surface area contributed by atoms with Crippen LogP contribution in [-0.4, -0.2) is 76.4 Å². The van der Waals surface area contributed by atoms with Crippen LogP contribution in [0, 0.1) is 17.8 Å². The molecule has 6 aliphatic rings. The van der Waals surface area contributed by atoms with Gasteiger partial charge in [-0.2, -0.15) is 0 Å². The maximum Gasteiger partial charge on any atom is 0.316 e. The molecule has 1 aliphatic carbocycles. The molecule has 1 spiro atoms. The molecule has 0 saturated carbocycles. The van der Waals surface area contributed by atoms with Crippen LogP contribution >= 0.6 is 0 Å². The zero-order valence-corrected chi connectivity index (χ0v) is 23.8. The van der Waals surface area contributed by atoms with Gasteiger partial charge in [0.05, 0.1) is 30.5 Å². The van der Waals surface area contributed by atoms with E-state index in [4.69, 9.17) is 23.7 Å². The van der Waals surface area contributed by atoms with Crippen molar-refractivity contribution in [1.82, 2.24) is 0 Å². The van der Waals surface area contributed by atoms with E-state index >= 15 is 0 Å². The maximum absolute atomic E-state index is 13.9. The van der Waals surface area contributed by atoms with E-state index in [1.807, 2.05) is 12.2 Å². The van der Waals surface area contributed by atoms with Gasteiger partial charge in [-0.05, 0) is 56.6 Å². The summed E-state index contributed by atoms with van der Waals surface area (Å²) in [6, 6.07) is 0. The lowest BCUT2D eigenvalue weighted by Crippen LogP contribution is -2.58. The van der Waals surface area contributed by atoms with Gasteiger partial charge < -0.3 is 33.9 Å². The van der Waals surface area contributed by atoms with Crippen LogP contribution in [0.15, 0.2) is 35.5 Å². The molecule has 0 aromatic carbocycles. The Morgan fingerprint density at radius 2 is 1.85 bits per heavy atom. The molecule has 6 rings (SSSR count). The third-order valence-electron chi connectivity index (χ3n) is 10.2. The van der Waals surface area contributed by atoms with Crippen LogP contribution in [0.1, 0.15) is 73.1 Å². The number of aliphatic hydroxyl groups excluding tert-OH is 1. The molecule has 8 nitrogen and oxygen atoms in total. The van der Waals surface area contributed by atoms with Crippen LogP contribution in [0.25, 0.3) is 0 Å². The molecule has 5 aliphatic heterocycles. The first kappa shape index (κ1) is 27.6. The Labute approximate surface area is 231 Å². The molecule has 2 bridgehead atoms. The quantitative estimate of drug-likeness (QED) is 0.270. The summed E-state index contributed by atoms with van der Waals surface area (Å²) in [5, 5.41) is 22.9. The average Bonchev–Trinajstić information content (AvgIpc) is 3.34. The van der Waals surface area contributed by atoms with Crippen molar-refractivity contribution in [1.29, 1.82) is 0 Å². The second kappa shape index (κ2) is 9.78. The first-order valence-electron chi connectivity index (χ1n) is 14.7. The number of hydrogen-bond donors (Lipinski definition) is 2. The zero-order valence-electron chi connectivity index (χ0n) is 23.8. The highest BCUT2D eigenvalue weighted by atomic mass is 16.7. The molecular formula is C31H44O8. The Morgan fingerprint density at radius 1 is 1.05 bits per heavy atom. The molecule has 0 amide bonds. The monoisotopic (exact) mass is 544 g/mol. The SMILES string of the molecule is CC1=C[C@H]2C(=O)O[C@H]3C[C@@H](C[C@H]4O[C@@]4(C)C[C@@H](C)/C=C/C=C4\CO[C@H]([C@@H]1O)[C@@]42O)O[C@@]1(CC[C@H](C)C(C)O1)C3. The van der Waals surface area contributed by atoms with Crippen molar-refractivity contribution in [3.63, 3.8) is 0 Å². The van der Waals surface area contributed by atoms with E-state index in [1.54, 1.807) is 13.0 Å². The van der Waals surface area contributed by atoms with Gasteiger partial charge >= 0.3 is 5.97 Å². The van der Waals surface area contributed by atoms with E-state index < -0.39 is 41.6 Å². The van der Waals surface area contributed by atoms with Gasteiger partial charge in [0, 0.05) is 25.7 Å². The van der Waals surface area contributed by atoms with Crippen LogP contribution in [0.5, 0.6) is 0 Å².